The van der Waals surface area contributed by atoms with Crippen molar-refractivity contribution in [3.05, 3.63) is 82.4 Å². The molecule has 1 aliphatic heterocycles. The average Bonchev–Trinajstić information content (AvgIpc) is 3.23. The summed E-state index contributed by atoms with van der Waals surface area (Å²) >= 11 is -0.696. The van der Waals surface area contributed by atoms with Gasteiger partial charge < -0.3 is 14.0 Å². The second-order valence-corrected chi connectivity index (χ2v) is 11.0. The number of unbranched alkanes of at least 4 members (excludes halogenated alkanes) is 1. The molecule has 180 valence electrons. The maximum atomic E-state index is 11.3. The molecular formula is C30H36O3S. The van der Waals surface area contributed by atoms with Gasteiger partial charge in [-0.3, -0.25) is 0 Å². The van der Waals surface area contributed by atoms with Gasteiger partial charge >= 0.3 is 0 Å². The van der Waals surface area contributed by atoms with E-state index in [-0.39, 0.29) is 0 Å². The molecule has 4 rings (SSSR count). The zero-order valence-corrected chi connectivity index (χ0v) is 21.7. The predicted molar refractivity (Wildman–Crippen MR) is 143 cm³/mol. The van der Waals surface area contributed by atoms with Crippen LogP contribution in [0.25, 0.3) is 11.1 Å². The van der Waals surface area contributed by atoms with Crippen molar-refractivity contribution in [2.45, 2.75) is 59.0 Å². The first-order valence-electron chi connectivity index (χ1n) is 12.3. The van der Waals surface area contributed by atoms with Gasteiger partial charge in [-0.05, 0) is 85.0 Å². The van der Waals surface area contributed by atoms with E-state index in [0.29, 0.717) is 12.5 Å². The largest absolute Gasteiger partial charge is 0.617 e. The lowest BCUT2D eigenvalue weighted by Gasteiger charge is -2.15. The minimum Gasteiger partial charge on any atom is -0.617 e. The van der Waals surface area contributed by atoms with Gasteiger partial charge in [-0.15, -0.1) is 0 Å². The van der Waals surface area contributed by atoms with E-state index in [4.69, 9.17) is 9.47 Å². The minimum atomic E-state index is -0.696. The molecule has 2 unspecified atom stereocenters. The molecule has 0 amide bonds. The van der Waals surface area contributed by atoms with E-state index in [1.54, 1.807) is 6.26 Å². The molecule has 3 aromatic carbocycles. The van der Waals surface area contributed by atoms with Gasteiger partial charge in [0.2, 0.25) is 0 Å². The Bertz CT molecular complexity index is 1100. The van der Waals surface area contributed by atoms with Crippen LogP contribution in [-0.4, -0.2) is 23.2 Å². The number of ether oxygens (including phenoxy) is 2. The molecule has 3 nitrogen and oxygen atoms in total. The lowest BCUT2D eigenvalue weighted by molar-refractivity contribution is 0.300. The van der Waals surface area contributed by atoms with Gasteiger partial charge in [0.05, 0.1) is 12.9 Å². The van der Waals surface area contributed by atoms with Crippen LogP contribution in [-0.2, 0) is 24.2 Å². The fourth-order valence-corrected chi connectivity index (χ4v) is 5.57. The number of hydrogen-bond acceptors (Lipinski definition) is 3. The molecule has 1 heterocycles. The topological polar surface area (TPSA) is 41.5 Å². The fourth-order valence-electron chi connectivity index (χ4n) is 4.96. The van der Waals surface area contributed by atoms with Gasteiger partial charge in [-0.2, -0.15) is 0 Å². The Hall–Kier alpha value is -2.43. The molecule has 0 saturated carbocycles. The number of fused-ring (bicyclic) bond motifs is 1. The van der Waals surface area contributed by atoms with E-state index in [1.165, 1.54) is 33.4 Å². The van der Waals surface area contributed by atoms with E-state index in [0.717, 1.165) is 55.1 Å². The molecule has 0 spiro atoms. The minimum absolute atomic E-state index is 0.500. The van der Waals surface area contributed by atoms with Gasteiger partial charge in [0, 0.05) is 17.5 Å². The number of rotatable bonds is 10. The molecule has 3 aromatic rings. The summed E-state index contributed by atoms with van der Waals surface area (Å²) in [5, 5.41) is 0. The van der Waals surface area contributed by atoms with Gasteiger partial charge in [0.15, 0.2) is 0 Å². The summed E-state index contributed by atoms with van der Waals surface area (Å²) in [4.78, 5) is 0. The van der Waals surface area contributed by atoms with Crippen LogP contribution in [0.1, 0.15) is 59.9 Å². The third-order valence-corrected chi connectivity index (χ3v) is 7.58. The summed E-state index contributed by atoms with van der Waals surface area (Å²) in [6.07, 6.45) is 6.01. The predicted octanol–water partition coefficient (Wildman–Crippen LogP) is 7.14. The number of hydrogen-bond donors (Lipinski definition) is 0. The van der Waals surface area contributed by atoms with E-state index in [9.17, 15) is 4.55 Å². The first-order chi connectivity index (χ1) is 16.4. The van der Waals surface area contributed by atoms with E-state index in [1.807, 2.05) is 6.07 Å². The van der Waals surface area contributed by atoms with Crippen molar-refractivity contribution in [2.75, 3.05) is 18.6 Å². The normalized spacial score (nSPS) is 15.6. The molecule has 0 fully saturated rings. The van der Waals surface area contributed by atoms with Crippen LogP contribution in [0, 0.1) is 13.8 Å². The van der Waals surface area contributed by atoms with Gasteiger partial charge in [-0.25, -0.2) is 0 Å². The van der Waals surface area contributed by atoms with Crippen molar-refractivity contribution in [3.8, 4) is 22.6 Å². The number of benzene rings is 3. The van der Waals surface area contributed by atoms with Gasteiger partial charge in [-0.1, -0.05) is 54.5 Å². The van der Waals surface area contributed by atoms with Gasteiger partial charge in [0.1, 0.15) is 23.9 Å². The molecule has 0 N–H and O–H groups in total. The molecule has 0 saturated heterocycles. The quantitative estimate of drug-likeness (QED) is 0.231. The Morgan fingerprint density at radius 3 is 2.53 bits per heavy atom. The number of aryl methyl sites for hydroxylation is 3. The van der Waals surface area contributed by atoms with Crippen molar-refractivity contribution >= 4 is 11.2 Å². The van der Waals surface area contributed by atoms with Crippen LogP contribution in [0.5, 0.6) is 11.5 Å². The van der Waals surface area contributed by atoms with Crippen LogP contribution in [0.3, 0.4) is 0 Å². The molecule has 0 aliphatic carbocycles. The zero-order chi connectivity index (χ0) is 24.1. The van der Waals surface area contributed by atoms with Crippen LogP contribution < -0.4 is 9.47 Å². The zero-order valence-electron chi connectivity index (χ0n) is 20.9. The summed E-state index contributed by atoms with van der Waals surface area (Å²) in [6.45, 7) is 7.90. The monoisotopic (exact) mass is 476 g/mol. The SMILES string of the molecule is CCC1COc2cc(OCc3cccc(-c4c(C)cc(CCCC[S+](C)[O-])cc4C)c3)ccc21. The summed E-state index contributed by atoms with van der Waals surface area (Å²) in [6, 6.07) is 19.5. The Balaban J connectivity index is 1.43. The van der Waals surface area contributed by atoms with Crippen molar-refractivity contribution < 1.29 is 14.0 Å². The van der Waals surface area contributed by atoms with Crippen molar-refractivity contribution in [2.24, 2.45) is 0 Å². The third kappa shape index (κ3) is 5.97. The Labute approximate surface area is 207 Å². The molecule has 34 heavy (non-hydrogen) atoms. The Morgan fingerprint density at radius 2 is 1.79 bits per heavy atom. The molecule has 4 heteroatoms. The van der Waals surface area contributed by atoms with Crippen LogP contribution in [0.2, 0.25) is 0 Å². The summed E-state index contributed by atoms with van der Waals surface area (Å²) in [5.74, 6) is 3.11. The van der Waals surface area contributed by atoms with Crippen molar-refractivity contribution in [3.63, 3.8) is 0 Å². The summed E-state index contributed by atoms with van der Waals surface area (Å²) in [7, 11) is 0. The maximum Gasteiger partial charge on any atom is 0.126 e. The summed E-state index contributed by atoms with van der Waals surface area (Å²) in [5.41, 5.74) is 8.95. The molecule has 0 bridgehead atoms. The standard InChI is InChI=1S/C30H36O3S/c1-5-25-20-33-29-18-27(12-13-28(25)29)32-19-24-10-8-11-26(17-24)30-21(2)15-23(16-22(30)3)9-6-7-14-34(4)31/h8,10-13,15-18,25H,5-7,9,14,19-20H2,1-4H3. The maximum absolute atomic E-state index is 11.3. The molecule has 0 aromatic heterocycles. The second-order valence-electron chi connectivity index (χ2n) is 9.44. The van der Waals surface area contributed by atoms with Crippen LogP contribution >= 0.6 is 0 Å². The van der Waals surface area contributed by atoms with Crippen LogP contribution in [0.4, 0.5) is 0 Å². The first-order valence-corrected chi connectivity index (χ1v) is 14.1. The molecule has 1 aliphatic rings. The molecule has 2 atom stereocenters. The van der Waals surface area contributed by atoms with E-state index < -0.39 is 11.2 Å². The lowest BCUT2D eigenvalue weighted by Crippen LogP contribution is -2.03. The highest BCUT2D eigenvalue weighted by Gasteiger charge is 2.22. The molecular weight excluding hydrogens is 440 g/mol. The highest BCUT2D eigenvalue weighted by molar-refractivity contribution is 7.90. The Morgan fingerprint density at radius 1 is 1.00 bits per heavy atom. The lowest BCUT2D eigenvalue weighted by atomic mass is 9.91. The fraction of sp³-hybridized carbons (Fsp3) is 0.400. The third-order valence-electron chi connectivity index (χ3n) is 6.72. The first kappa shape index (κ1) is 24.7. The average molecular weight is 477 g/mol. The van der Waals surface area contributed by atoms with Gasteiger partial charge in [0.25, 0.3) is 0 Å². The van der Waals surface area contributed by atoms with Crippen LogP contribution in [0.15, 0.2) is 54.6 Å². The molecule has 0 radical (unpaired) electrons. The highest BCUT2D eigenvalue weighted by Crippen LogP contribution is 2.38. The second kappa shape index (κ2) is 11.3. The Kier molecular flexibility index (Phi) is 8.23. The van der Waals surface area contributed by atoms with E-state index in [2.05, 4.69) is 69.3 Å². The van der Waals surface area contributed by atoms with E-state index >= 15 is 0 Å². The smallest absolute Gasteiger partial charge is 0.126 e. The highest BCUT2D eigenvalue weighted by atomic mass is 32.2. The summed E-state index contributed by atoms with van der Waals surface area (Å²) < 4.78 is 23.3. The van der Waals surface area contributed by atoms with Crippen molar-refractivity contribution in [1.82, 2.24) is 0 Å². The van der Waals surface area contributed by atoms with Crippen molar-refractivity contribution in [1.29, 1.82) is 0 Å².